The second-order valence-electron chi connectivity index (χ2n) is 6.78. The summed E-state index contributed by atoms with van der Waals surface area (Å²) >= 11 is 0. The summed E-state index contributed by atoms with van der Waals surface area (Å²) in [6.45, 7) is 5.34. The maximum atomic E-state index is 5.35. The first-order valence-electron chi connectivity index (χ1n) is 8.98. The average Bonchev–Trinajstić information content (AvgIpc) is 3.28. The van der Waals surface area contributed by atoms with E-state index in [0.717, 1.165) is 23.6 Å². The third-order valence-corrected chi connectivity index (χ3v) is 4.28. The zero-order chi connectivity index (χ0) is 19.5. The fourth-order valence-corrected chi connectivity index (χ4v) is 3.11. The maximum Gasteiger partial charge on any atom is 0.241 e. The van der Waals surface area contributed by atoms with E-state index in [2.05, 4.69) is 61.3 Å². The summed E-state index contributed by atoms with van der Waals surface area (Å²) in [6, 6.07) is 10.4. The van der Waals surface area contributed by atoms with Crippen LogP contribution in [0.15, 0.2) is 53.4 Å². The molecule has 0 radical (unpaired) electrons. The standard InChI is InChI=1S/C20H21N7O/c1-14-9-15(2)27(24-14)17-6-4-5-16(10-17)12-26(3)13-19-23-20(25-28-19)18-11-21-7-8-22-18/h4-11H,12-13H2,1-3H3. The van der Waals surface area contributed by atoms with E-state index in [9.17, 15) is 0 Å². The Labute approximate surface area is 162 Å². The van der Waals surface area contributed by atoms with Crippen molar-refractivity contribution < 1.29 is 4.52 Å². The van der Waals surface area contributed by atoms with Crippen LogP contribution in [0, 0.1) is 13.8 Å². The third-order valence-electron chi connectivity index (χ3n) is 4.28. The summed E-state index contributed by atoms with van der Waals surface area (Å²) in [5.74, 6) is 0.987. The highest BCUT2D eigenvalue weighted by atomic mass is 16.5. The Hall–Kier alpha value is -3.39. The van der Waals surface area contributed by atoms with Gasteiger partial charge in [0.15, 0.2) is 0 Å². The molecular formula is C20H21N7O. The zero-order valence-electron chi connectivity index (χ0n) is 16.1. The van der Waals surface area contributed by atoms with E-state index in [1.807, 2.05) is 24.7 Å². The Morgan fingerprint density at radius 2 is 2.00 bits per heavy atom. The van der Waals surface area contributed by atoms with Crippen molar-refractivity contribution in [2.75, 3.05) is 7.05 Å². The smallest absolute Gasteiger partial charge is 0.241 e. The van der Waals surface area contributed by atoms with Crippen molar-refractivity contribution >= 4 is 0 Å². The van der Waals surface area contributed by atoms with Crippen LogP contribution in [0.1, 0.15) is 22.8 Å². The Morgan fingerprint density at radius 1 is 1.11 bits per heavy atom. The quantitative estimate of drug-likeness (QED) is 0.512. The number of aromatic nitrogens is 6. The predicted octanol–water partition coefficient (Wildman–Crippen LogP) is 2.96. The van der Waals surface area contributed by atoms with E-state index < -0.39 is 0 Å². The van der Waals surface area contributed by atoms with Crippen LogP contribution in [0.4, 0.5) is 0 Å². The van der Waals surface area contributed by atoms with Crippen molar-refractivity contribution in [2.45, 2.75) is 26.9 Å². The molecule has 0 unspecified atom stereocenters. The summed E-state index contributed by atoms with van der Waals surface area (Å²) < 4.78 is 7.32. The lowest BCUT2D eigenvalue weighted by atomic mass is 10.2. The number of benzene rings is 1. The molecule has 1 aromatic carbocycles. The zero-order valence-corrected chi connectivity index (χ0v) is 16.1. The van der Waals surface area contributed by atoms with E-state index in [0.29, 0.717) is 24.0 Å². The molecule has 8 nitrogen and oxygen atoms in total. The Morgan fingerprint density at radius 3 is 2.75 bits per heavy atom. The number of nitrogens with zero attached hydrogens (tertiary/aromatic N) is 7. The maximum absolute atomic E-state index is 5.35. The highest BCUT2D eigenvalue weighted by Crippen LogP contribution is 2.16. The highest BCUT2D eigenvalue weighted by molar-refractivity contribution is 5.45. The van der Waals surface area contributed by atoms with Gasteiger partial charge in [-0.2, -0.15) is 10.1 Å². The Balaban J connectivity index is 1.44. The lowest BCUT2D eigenvalue weighted by Crippen LogP contribution is -2.17. The van der Waals surface area contributed by atoms with Gasteiger partial charge in [0, 0.05) is 24.6 Å². The summed E-state index contributed by atoms with van der Waals surface area (Å²) in [5, 5.41) is 8.54. The van der Waals surface area contributed by atoms with Gasteiger partial charge in [-0.3, -0.25) is 9.88 Å². The fourth-order valence-electron chi connectivity index (χ4n) is 3.11. The number of aryl methyl sites for hydroxylation is 2. The molecule has 0 fully saturated rings. The van der Waals surface area contributed by atoms with Crippen molar-refractivity contribution in [3.05, 3.63) is 71.8 Å². The molecule has 28 heavy (non-hydrogen) atoms. The lowest BCUT2D eigenvalue weighted by Gasteiger charge is -2.15. The van der Waals surface area contributed by atoms with Crippen LogP contribution in [-0.4, -0.2) is 41.8 Å². The van der Waals surface area contributed by atoms with Crippen LogP contribution < -0.4 is 0 Å². The van der Waals surface area contributed by atoms with E-state index >= 15 is 0 Å². The van der Waals surface area contributed by atoms with Crippen molar-refractivity contribution in [3.8, 4) is 17.2 Å². The monoisotopic (exact) mass is 375 g/mol. The first kappa shape index (κ1) is 18.0. The molecule has 3 heterocycles. The van der Waals surface area contributed by atoms with Gasteiger partial charge < -0.3 is 4.52 Å². The first-order valence-corrected chi connectivity index (χ1v) is 8.98. The van der Waals surface area contributed by atoms with Crippen molar-refractivity contribution in [1.82, 2.24) is 34.8 Å². The second-order valence-corrected chi connectivity index (χ2v) is 6.78. The minimum absolute atomic E-state index is 0.447. The molecule has 0 aliphatic heterocycles. The van der Waals surface area contributed by atoms with Crippen molar-refractivity contribution in [3.63, 3.8) is 0 Å². The molecule has 0 saturated heterocycles. The van der Waals surface area contributed by atoms with E-state index in [-0.39, 0.29) is 0 Å². The minimum Gasteiger partial charge on any atom is -0.337 e. The summed E-state index contributed by atoms with van der Waals surface area (Å²) in [6.07, 6.45) is 4.83. The summed E-state index contributed by atoms with van der Waals surface area (Å²) in [5.41, 5.74) is 4.96. The van der Waals surface area contributed by atoms with Gasteiger partial charge in [-0.15, -0.1) is 0 Å². The van der Waals surface area contributed by atoms with E-state index in [4.69, 9.17) is 4.52 Å². The van der Waals surface area contributed by atoms with Gasteiger partial charge >= 0.3 is 0 Å². The van der Waals surface area contributed by atoms with Crippen LogP contribution in [0.25, 0.3) is 17.2 Å². The summed E-state index contributed by atoms with van der Waals surface area (Å²) in [4.78, 5) is 14.7. The fraction of sp³-hybridized carbons (Fsp3) is 0.250. The second kappa shape index (κ2) is 7.69. The molecule has 142 valence electrons. The molecule has 0 aliphatic carbocycles. The number of rotatable bonds is 6. The van der Waals surface area contributed by atoms with Gasteiger partial charge in [-0.05, 0) is 44.7 Å². The molecule has 4 rings (SSSR count). The number of hydrogen-bond acceptors (Lipinski definition) is 7. The Kier molecular flexibility index (Phi) is 4.94. The molecular weight excluding hydrogens is 354 g/mol. The van der Waals surface area contributed by atoms with Gasteiger partial charge in [0.25, 0.3) is 0 Å². The van der Waals surface area contributed by atoms with Crippen molar-refractivity contribution in [2.24, 2.45) is 0 Å². The van der Waals surface area contributed by atoms with Crippen LogP contribution in [0.5, 0.6) is 0 Å². The van der Waals surface area contributed by atoms with Crippen LogP contribution in [0.3, 0.4) is 0 Å². The molecule has 0 spiro atoms. The largest absolute Gasteiger partial charge is 0.337 e. The molecule has 8 heteroatoms. The summed E-state index contributed by atoms with van der Waals surface area (Å²) in [7, 11) is 2.02. The normalized spacial score (nSPS) is 11.3. The van der Waals surface area contributed by atoms with Gasteiger partial charge in [0.05, 0.1) is 24.1 Å². The predicted molar refractivity (Wildman–Crippen MR) is 104 cm³/mol. The van der Waals surface area contributed by atoms with Gasteiger partial charge in [0.2, 0.25) is 11.7 Å². The SMILES string of the molecule is Cc1cc(C)n(-c2cccc(CN(C)Cc3nc(-c4cnccn4)no3)c2)n1. The first-order chi connectivity index (χ1) is 13.6. The van der Waals surface area contributed by atoms with Crippen molar-refractivity contribution in [1.29, 1.82) is 0 Å². The molecule has 0 aliphatic rings. The van der Waals surface area contributed by atoms with Gasteiger partial charge in [-0.25, -0.2) is 9.67 Å². The number of hydrogen-bond donors (Lipinski definition) is 0. The molecule has 0 N–H and O–H groups in total. The molecule has 0 bridgehead atoms. The topological polar surface area (TPSA) is 85.8 Å². The van der Waals surface area contributed by atoms with Crippen LogP contribution in [0.2, 0.25) is 0 Å². The third kappa shape index (κ3) is 3.96. The average molecular weight is 375 g/mol. The van der Waals surface area contributed by atoms with Crippen LogP contribution >= 0.6 is 0 Å². The van der Waals surface area contributed by atoms with Gasteiger partial charge in [0.1, 0.15) is 5.69 Å². The van der Waals surface area contributed by atoms with Crippen LogP contribution in [-0.2, 0) is 13.1 Å². The van der Waals surface area contributed by atoms with E-state index in [1.54, 1.807) is 18.6 Å². The minimum atomic E-state index is 0.447. The molecule has 0 atom stereocenters. The van der Waals surface area contributed by atoms with Gasteiger partial charge in [-0.1, -0.05) is 17.3 Å². The molecule has 4 aromatic rings. The van der Waals surface area contributed by atoms with E-state index in [1.165, 1.54) is 5.56 Å². The molecule has 3 aromatic heterocycles. The molecule has 0 saturated carbocycles. The molecule has 0 amide bonds. The Bertz CT molecular complexity index is 1070. The highest BCUT2D eigenvalue weighted by Gasteiger charge is 2.12. The lowest BCUT2D eigenvalue weighted by molar-refractivity contribution is 0.261.